The molecule has 1 amide bonds. The van der Waals surface area contributed by atoms with E-state index in [9.17, 15) is 18.0 Å². The summed E-state index contributed by atoms with van der Waals surface area (Å²) in [7, 11) is 2.12. The maximum atomic E-state index is 13.0. The lowest BCUT2D eigenvalue weighted by Gasteiger charge is -2.33. The molecule has 196 valence electrons. The maximum Gasteiger partial charge on any atom is 0.416 e. The van der Waals surface area contributed by atoms with Crippen LogP contribution in [0.4, 0.5) is 24.5 Å². The number of hydrogen-bond acceptors (Lipinski definition) is 5. The molecule has 2 aromatic heterocycles. The molecule has 0 radical (unpaired) electrons. The molecule has 1 N–H and O–H groups in total. The van der Waals surface area contributed by atoms with Crippen molar-refractivity contribution in [3.63, 3.8) is 0 Å². The Morgan fingerprint density at radius 2 is 1.74 bits per heavy atom. The monoisotopic (exact) mass is 520 g/mol. The lowest BCUT2D eigenvalue weighted by Crippen LogP contribution is -2.44. The number of aromatic nitrogens is 3. The minimum absolute atomic E-state index is 0.0731. The second kappa shape index (κ2) is 10.3. The molecule has 0 bridgehead atoms. The van der Waals surface area contributed by atoms with E-state index in [-0.39, 0.29) is 5.56 Å². The van der Waals surface area contributed by atoms with Gasteiger partial charge >= 0.3 is 6.18 Å². The summed E-state index contributed by atoms with van der Waals surface area (Å²) in [6, 6.07) is 11.7. The maximum absolute atomic E-state index is 13.0. The van der Waals surface area contributed by atoms with Crippen LogP contribution in [0.5, 0.6) is 0 Å². The van der Waals surface area contributed by atoms with Gasteiger partial charge < -0.3 is 15.1 Å². The fraction of sp³-hybridized carbons (Fsp3) is 0.250. The molecule has 0 saturated carbocycles. The number of carbonyl (C=O) groups excluding carboxylic acids is 1. The van der Waals surface area contributed by atoms with Gasteiger partial charge in [-0.05, 0) is 55.9 Å². The van der Waals surface area contributed by atoms with E-state index in [1.54, 1.807) is 29.2 Å². The molecule has 0 aliphatic carbocycles. The number of anilines is 2. The molecule has 7 nitrogen and oxygen atoms in total. The Morgan fingerprint density at radius 3 is 2.50 bits per heavy atom. The SMILES string of the molecule is Cc1ccc(NC(=O)c2cccc(C(F)(F)F)c2)cc1-n1cc(-c2cncc(N3CCN(C)CC3)c2)cn1. The zero-order chi connectivity index (χ0) is 26.9. The van der Waals surface area contributed by atoms with E-state index >= 15 is 0 Å². The second-order valence-corrected chi connectivity index (χ2v) is 9.43. The van der Waals surface area contributed by atoms with Crippen molar-refractivity contribution in [1.29, 1.82) is 0 Å². The molecule has 0 spiro atoms. The van der Waals surface area contributed by atoms with E-state index < -0.39 is 17.6 Å². The van der Waals surface area contributed by atoms with Crippen LogP contribution in [0.2, 0.25) is 0 Å². The highest BCUT2D eigenvalue weighted by Gasteiger charge is 2.31. The number of aryl methyl sites for hydroxylation is 1. The molecule has 5 rings (SSSR count). The first-order chi connectivity index (χ1) is 18.2. The Balaban J connectivity index is 1.36. The number of alkyl halides is 3. The number of nitrogens with zero attached hydrogens (tertiary/aromatic N) is 5. The van der Waals surface area contributed by atoms with Crippen LogP contribution in [0.15, 0.2) is 73.3 Å². The normalized spacial score (nSPS) is 14.5. The van der Waals surface area contributed by atoms with Gasteiger partial charge in [0.2, 0.25) is 0 Å². The highest BCUT2D eigenvalue weighted by atomic mass is 19.4. The van der Waals surface area contributed by atoms with Gasteiger partial charge in [0.25, 0.3) is 5.91 Å². The minimum atomic E-state index is -4.52. The number of benzene rings is 2. The van der Waals surface area contributed by atoms with Gasteiger partial charge in [0, 0.05) is 61.0 Å². The predicted molar refractivity (Wildman–Crippen MR) is 141 cm³/mol. The number of nitrogens with one attached hydrogen (secondary N) is 1. The second-order valence-electron chi connectivity index (χ2n) is 9.43. The molecule has 38 heavy (non-hydrogen) atoms. The summed E-state index contributed by atoms with van der Waals surface area (Å²) in [6.07, 6.45) is 2.81. The van der Waals surface area contributed by atoms with E-state index in [0.717, 1.165) is 66.4 Å². The summed E-state index contributed by atoms with van der Waals surface area (Å²) in [6.45, 7) is 5.81. The molecule has 0 atom stereocenters. The third kappa shape index (κ3) is 5.55. The van der Waals surface area contributed by atoms with Crippen LogP contribution in [0.3, 0.4) is 0 Å². The van der Waals surface area contributed by atoms with Crippen molar-refractivity contribution in [3.05, 3.63) is 90.0 Å². The number of amides is 1. The van der Waals surface area contributed by atoms with Gasteiger partial charge in [-0.15, -0.1) is 0 Å². The lowest BCUT2D eigenvalue weighted by atomic mass is 10.1. The number of hydrogen-bond donors (Lipinski definition) is 1. The van der Waals surface area contributed by atoms with Crippen LogP contribution < -0.4 is 10.2 Å². The number of pyridine rings is 1. The molecule has 3 heterocycles. The molecule has 10 heteroatoms. The van der Waals surface area contributed by atoms with Crippen molar-refractivity contribution in [1.82, 2.24) is 19.7 Å². The summed E-state index contributed by atoms with van der Waals surface area (Å²) >= 11 is 0. The average molecular weight is 521 g/mol. The van der Waals surface area contributed by atoms with Crippen LogP contribution in [0.1, 0.15) is 21.5 Å². The van der Waals surface area contributed by atoms with Gasteiger partial charge in [0.05, 0.1) is 29.3 Å². The third-order valence-electron chi connectivity index (χ3n) is 6.67. The van der Waals surface area contributed by atoms with E-state index in [2.05, 4.69) is 38.3 Å². The Bertz CT molecular complexity index is 1460. The molecule has 2 aromatic carbocycles. The largest absolute Gasteiger partial charge is 0.416 e. The zero-order valence-corrected chi connectivity index (χ0v) is 21.0. The number of rotatable bonds is 5. The van der Waals surface area contributed by atoms with Gasteiger partial charge in [-0.3, -0.25) is 9.78 Å². The first kappa shape index (κ1) is 25.5. The Kier molecular flexibility index (Phi) is 6.90. The quantitative estimate of drug-likeness (QED) is 0.389. The summed E-state index contributed by atoms with van der Waals surface area (Å²) in [5.74, 6) is -0.626. The predicted octanol–water partition coefficient (Wildman–Crippen LogP) is 5.27. The average Bonchev–Trinajstić information content (AvgIpc) is 3.40. The van der Waals surface area contributed by atoms with Crippen molar-refractivity contribution < 1.29 is 18.0 Å². The summed E-state index contributed by atoms with van der Waals surface area (Å²) in [5.41, 5.74) is 4.07. The highest BCUT2D eigenvalue weighted by Crippen LogP contribution is 2.30. The van der Waals surface area contributed by atoms with Crippen molar-refractivity contribution in [3.8, 4) is 16.8 Å². The Labute approximate surface area is 218 Å². The van der Waals surface area contributed by atoms with Crippen LogP contribution in [0.25, 0.3) is 16.8 Å². The third-order valence-corrected chi connectivity index (χ3v) is 6.67. The topological polar surface area (TPSA) is 66.3 Å². The zero-order valence-electron chi connectivity index (χ0n) is 21.0. The summed E-state index contributed by atoms with van der Waals surface area (Å²) in [5, 5.41) is 7.22. The van der Waals surface area contributed by atoms with Gasteiger partial charge in [0.15, 0.2) is 0 Å². The molecule has 0 unspecified atom stereocenters. The lowest BCUT2D eigenvalue weighted by molar-refractivity contribution is -0.137. The molecule has 1 aliphatic heterocycles. The van der Waals surface area contributed by atoms with E-state index in [4.69, 9.17) is 0 Å². The number of likely N-dealkylation sites (N-methyl/N-ethyl adjacent to an activating group) is 1. The molecular formula is C28H27F3N6O. The molecule has 4 aromatic rings. The molecule has 1 aliphatic rings. The van der Waals surface area contributed by atoms with Crippen molar-refractivity contribution in [2.75, 3.05) is 43.4 Å². The van der Waals surface area contributed by atoms with Gasteiger partial charge in [-0.1, -0.05) is 12.1 Å². The standard InChI is InChI=1S/C28H27F3N6O/c1-19-6-7-24(34-27(38)20-4-3-5-23(12-20)28(29,30)31)14-26(19)37-18-22(16-33-37)21-13-25(17-32-15-21)36-10-8-35(2)9-11-36/h3-7,12-18H,8-11H2,1-2H3,(H,34,38). The van der Waals surface area contributed by atoms with Crippen LogP contribution >= 0.6 is 0 Å². The van der Waals surface area contributed by atoms with Crippen molar-refractivity contribution in [2.45, 2.75) is 13.1 Å². The Morgan fingerprint density at radius 1 is 0.947 bits per heavy atom. The highest BCUT2D eigenvalue weighted by molar-refractivity contribution is 6.04. The van der Waals surface area contributed by atoms with Crippen molar-refractivity contribution in [2.24, 2.45) is 0 Å². The van der Waals surface area contributed by atoms with Gasteiger partial charge in [-0.2, -0.15) is 18.3 Å². The van der Waals surface area contributed by atoms with Gasteiger partial charge in [-0.25, -0.2) is 4.68 Å². The Hall–Kier alpha value is -4.18. The van der Waals surface area contributed by atoms with E-state index in [0.29, 0.717) is 5.69 Å². The number of halogens is 3. The fourth-order valence-electron chi connectivity index (χ4n) is 4.40. The fourth-order valence-corrected chi connectivity index (χ4v) is 4.40. The smallest absolute Gasteiger partial charge is 0.368 e. The first-order valence-corrected chi connectivity index (χ1v) is 12.2. The number of carbonyl (C=O) groups is 1. The summed E-state index contributed by atoms with van der Waals surface area (Å²) in [4.78, 5) is 21.7. The van der Waals surface area contributed by atoms with Crippen LogP contribution in [0, 0.1) is 6.92 Å². The van der Waals surface area contributed by atoms with Crippen molar-refractivity contribution >= 4 is 17.3 Å². The van der Waals surface area contributed by atoms with Crippen LogP contribution in [-0.2, 0) is 6.18 Å². The minimum Gasteiger partial charge on any atom is -0.368 e. The molecule has 1 saturated heterocycles. The van der Waals surface area contributed by atoms with Gasteiger partial charge in [0.1, 0.15) is 0 Å². The molecular weight excluding hydrogens is 493 g/mol. The van der Waals surface area contributed by atoms with E-state index in [1.165, 1.54) is 12.1 Å². The first-order valence-electron chi connectivity index (χ1n) is 12.2. The van der Waals surface area contributed by atoms with E-state index in [1.807, 2.05) is 25.4 Å². The number of piperazine rings is 1. The molecule has 1 fully saturated rings. The van der Waals surface area contributed by atoms with Crippen LogP contribution in [-0.4, -0.2) is 58.8 Å². The summed E-state index contributed by atoms with van der Waals surface area (Å²) < 4.78 is 40.9.